The molecule has 0 aliphatic heterocycles. The van der Waals surface area contributed by atoms with Gasteiger partial charge in [-0.15, -0.1) is 0 Å². The van der Waals surface area contributed by atoms with E-state index in [1.54, 1.807) is 18.3 Å². The molecule has 94 valence electrons. The first-order valence-corrected chi connectivity index (χ1v) is 5.95. The molecule has 3 nitrogen and oxygen atoms in total. The van der Waals surface area contributed by atoms with Gasteiger partial charge in [-0.05, 0) is 24.6 Å². The summed E-state index contributed by atoms with van der Waals surface area (Å²) in [6.45, 7) is 2.81. The molecule has 0 aliphatic rings. The van der Waals surface area contributed by atoms with E-state index in [9.17, 15) is 9.18 Å². The van der Waals surface area contributed by atoms with E-state index in [1.807, 2.05) is 17.7 Å². The third-order valence-electron chi connectivity index (χ3n) is 2.81. The molecule has 0 saturated carbocycles. The molecular formula is C14H15FN2O. The van der Waals surface area contributed by atoms with Crippen LogP contribution >= 0.6 is 0 Å². The van der Waals surface area contributed by atoms with Gasteiger partial charge >= 0.3 is 0 Å². The Morgan fingerprint density at radius 3 is 2.67 bits per heavy atom. The number of benzene rings is 1. The van der Waals surface area contributed by atoms with Crippen LogP contribution in [0, 0.1) is 5.82 Å². The van der Waals surface area contributed by atoms with E-state index in [2.05, 4.69) is 4.98 Å². The van der Waals surface area contributed by atoms with Crippen LogP contribution in [0.2, 0.25) is 0 Å². The molecule has 0 aliphatic carbocycles. The molecule has 0 bridgehead atoms. The monoisotopic (exact) mass is 246 g/mol. The van der Waals surface area contributed by atoms with Crippen molar-refractivity contribution in [3.8, 4) is 0 Å². The second-order valence-electron chi connectivity index (χ2n) is 4.15. The normalized spacial score (nSPS) is 10.6. The van der Waals surface area contributed by atoms with E-state index in [0.29, 0.717) is 12.8 Å². The number of hydrogen-bond donors (Lipinski definition) is 0. The summed E-state index contributed by atoms with van der Waals surface area (Å²) in [7, 11) is 0. The molecule has 0 fully saturated rings. The lowest BCUT2D eigenvalue weighted by Crippen LogP contribution is -2.11. The van der Waals surface area contributed by atoms with Crippen molar-refractivity contribution in [1.29, 1.82) is 0 Å². The molecular weight excluding hydrogens is 231 g/mol. The van der Waals surface area contributed by atoms with E-state index >= 15 is 0 Å². The van der Waals surface area contributed by atoms with Gasteiger partial charge in [0, 0.05) is 25.4 Å². The summed E-state index contributed by atoms with van der Waals surface area (Å²) in [5.74, 6) is 0.583. The van der Waals surface area contributed by atoms with Gasteiger partial charge in [-0.25, -0.2) is 9.37 Å². The summed E-state index contributed by atoms with van der Waals surface area (Å²) < 4.78 is 14.7. The maximum absolute atomic E-state index is 12.7. The van der Waals surface area contributed by atoms with E-state index in [4.69, 9.17) is 0 Å². The standard InChI is InChI=1S/C14H15FN2O/c1-2-17-8-7-16-14(17)10-13(18)9-11-3-5-12(15)6-4-11/h3-8H,2,9-10H2,1H3. The van der Waals surface area contributed by atoms with Gasteiger partial charge in [0.15, 0.2) is 0 Å². The van der Waals surface area contributed by atoms with E-state index < -0.39 is 0 Å². The minimum absolute atomic E-state index is 0.0857. The molecule has 0 atom stereocenters. The largest absolute Gasteiger partial charge is 0.335 e. The second-order valence-corrected chi connectivity index (χ2v) is 4.15. The average Bonchev–Trinajstić information content (AvgIpc) is 2.79. The number of hydrogen-bond acceptors (Lipinski definition) is 2. The van der Waals surface area contributed by atoms with E-state index in [-0.39, 0.29) is 11.6 Å². The van der Waals surface area contributed by atoms with Crippen LogP contribution in [-0.4, -0.2) is 15.3 Å². The van der Waals surface area contributed by atoms with Crippen molar-refractivity contribution in [2.24, 2.45) is 0 Å². The first-order valence-electron chi connectivity index (χ1n) is 5.95. The Bertz CT molecular complexity index is 531. The summed E-state index contributed by atoms with van der Waals surface area (Å²) in [6, 6.07) is 6.02. The SMILES string of the molecule is CCn1ccnc1CC(=O)Cc1ccc(F)cc1. The van der Waals surface area contributed by atoms with Gasteiger partial charge in [0.05, 0.1) is 6.42 Å². The molecule has 0 unspecified atom stereocenters. The highest BCUT2D eigenvalue weighted by Crippen LogP contribution is 2.06. The number of Topliss-reactive ketones (excluding diaryl/α,β-unsaturated/α-hetero) is 1. The molecule has 1 aromatic carbocycles. The van der Waals surface area contributed by atoms with Crippen LogP contribution in [0.1, 0.15) is 18.3 Å². The van der Waals surface area contributed by atoms with Gasteiger partial charge in [-0.1, -0.05) is 12.1 Å². The van der Waals surface area contributed by atoms with Crippen molar-refractivity contribution in [3.05, 3.63) is 53.9 Å². The van der Waals surface area contributed by atoms with Gasteiger partial charge < -0.3 is 4.57 Å². The zero-order chi connectivity index (χ0) is 13.0. The minimum atomic E-state index is -0.285. The number of aromatic nitrogens is 2. The molecule has 18 heavy (non-hydrogen) atoms. The Morgan fingerprint density at radius 2 is 2.00 bits per heavy atom. The Hall–Kier alpha value is -1.97. The average molecular weight is 246 g/mol. The summed E-state index contributed by atoms with van der Waals surface area (Å²) in [6.07, 6.45) is 4.19. The third-order valence-corrected chi connectivity index (χ3v) is 2.81. The van der Waals surface area contributed by atoms with Crippen molar-refractivity contribution in [3.63, 3.8) is 0 Å². The highest BCUT2D eigenvalue weighted by atomic mass is 19.1. The second kappa shape index (κ2) is 5.58. The van der Waals surface area contributed by atoms with Crippen LogP contribution in [0.4, 0.5) is 4.39 Å². The maximum atomic E-state index is 12.7. The minimum Gasteiger partial charge on any atom is -0.335 e. The Balaban J connectivity index is 1.99. The van der Waals surface area contributed by atoms with Crippen molar-refractivity contribution >= 4 is 5.78 Å². The predicted octanol–water partition coefficient (Wildman–Crippen LogP) is 2.40. The highest BCUT2D eigenvalue weighted by molar-refractivity contribution is 5.82. The number of carbonyl (C=O) groups is 1. The molecule has 0 amide bonds. The lowest BCUT2D eigenvalue weighted by atomic mass is 10.1. The van der Waals surface area contributed by atoms with Gasteiger partial charge in [-0.2, -0.15) is 0 Å². The fourth-order valence-electron chi connectivity index (χ4n) is 1.86. The van der Waals surface area contributed by atoms with Crippen LogP contribution in [-0.2, 0) is 24.2 Å². The summed E-state index contributed by atoms with van der Waals surface area (Å²) in [5.41, 5.74) is 0.830. The first kappa shape index (κ1) is 12.5. The van der Waals surface area contributed by atoms with Gasteiger partial charge in [0.25, 0.3) is 0 Å². The number of rotatable bonds is 5. The molecule has 0 saturated heterocycles. The van der Waals surface area contributed by atoms with E-state index in [0.717, 1.165) is 17.9 Å². The fourth-order valence-corrected chi connectivity index (χ4v) is 1.86. The molecule has 1 heterocycles. The fraction of sp³-hybridized carbons (Fsp3) is 0.286. The number of aryl methyl sites for hydroxylation is 1. The van der Waals surface area contributed by atoms with Crippen LogP contribution in [0.5, 0.6) is 0 Å². The number of ketones is 1. The van der Waals surface area contributed by atoms with Gasteiger partial charge in [-0.3, -0.25) is 4.79 Å². The van der Waals surface area contributed by atoms with Gasteiger partial charge in [0.1, 0.15) is 17.4 Å². The smallest absolute Gasteiger partial charge is 0.144 e. The molecule has 1 aromatic heterocycles. The molecule has 2 rings (SSSR count). The van der Waals surface area contributed by atoms with Crippen molar-refractivity contribution in [2.75, 3.05) is 0 Å². The van der Waals surface area contributed by atoms with Crippen LogP contribution in [0.15, 0.2) is 36.7 Å². The number of carbonyl (C=O) groups excluding carboxylic acids is 1. The highest BCUT2D eigenvalue weighted by Gasteiger charge is 2.09. The molecule has 4 heteroatoms. The van der Waals surface area contributed by atoms with Crippen molar-refractivity contribution in [2.45, 2.75) is 26.3 Å². The summed E-state index contributed by atoms with van der Waals surface area (Å²) >= 11 is 0. The summed E-state index contributed by atoms with van der Waals surface area (Å²) in [5, 5.41) is 0. The Morgan fingerprint density at radius 1 is 1.28 bits per heavy atom. The topological polar surface area (TPSA) is 34.9 Å². The van der Waals surface area contributed by atoms with Crippen molar-refractivity contribution in [1.82, 2.24) is 9.55 Å². The number of imidazole rings is 1. The Kier molecular flexibility index (Phi) is 3.87. The Labute approximate surface area is 105 Å². The zero-order valence-corrected chi connectivity index (χ0v) is 10.3. The zero-order valence-electron chi connectivity index (χ0n) is 10.3. The number of nitrogens with zero attached hydrogens (tertiary/aromatic N) is 2. The quantitative estimate of drug-likeness (QED) is 0.812. The van der Waals surface area contributed by atoms with Crippen LogP contribution in [0.3, 0.4) is 0 Å². The van der Waals surface area contributed by atoms with Crippen molar-refractivity contribution < 1.29 is 9.18 Å². The third kappa shape index (κ3) is 3.03. The first-order chi connectivity index (χ1) is 8.69. The van der Waals surface area contributed by atoms with Crippen LogP contribution in [0.25, 0.3) is 0 Å². The van der Waals surface area contributed by atoms with E-state index in [1.165, 1.54) is 12.1 Å². The maximum Gasteiger partial charge on any atom is 0.144 e. The lowest BCUT2D eigenvalue weighted by Gasteiger charge is -2.04. The molecule has 0 radical (unpaired) electrons. The summed E-state index contributed by atoms with van der Waals surface area (Å²) in [4.78, 5) is 16.1. The van der Waals surface area contributed by atoms with Gasteiger partial charge in [0.2, 0.25) is 0 Å². The number of halogens is 1. The molecule has 2 aromatic rings. The molecule has 0 spiro atoms. The van der Waals surface area contributed by atoms with Crippen LogP contribution < -0.4 is 0 Å². The molecule has 0 N–H and O–H groups in total. The lowest BCUT2D eigenvalue weighted by molar-refractivity contribution is -0.117. The predicted molar refractivity (Wildman–Crippen MR) is 66.7 cm³/mol.